The number of allylic oxidation sites excluding steroid dienone is 1. The summed E-state index contributed by atoms with van der Waals surface area (Å²) in [6.07, 6.45) is 3.62. The molecule has 0 fully saturated rings. The van der Waals surface area contributed by atoms with Crippen LogP contribution in [0.2, 0.25) is 0 Å². The molecule has 4 heteroatoms. The first-order chi connectivity index (χ1) is 18.3. The smallest absolute Gasteiger partial charge is 0.333 e. The van der Waals surface area contributed by atoms with Crippen molar-refractivity contribution in [1.82, 2.24) is 0 Å². The second-order valence-corrected chi connectivity index (χ2v) is 8.25. The van der Waals surface area contributed by atoms with Gasteiger partial charge in [-0.25, -0.2) is 4.79 Å². The maximum atomic E-state index is 12.8. The minimum absolute atomic E-state index is 0.161. The number of rotatable bonds is 11. The fraction of sp³-hybridized carbons (Fsp3) is 0.242. The molecule has 0 saturated heterocycles. The molecule has 37 heavy (non-hydrogen) atoms. The topological polar surface area (TPSA) is 44.8 Å². The molecule has 0 aliphatic heterocycles. The third-order valence-electron chi connectivity index (χ3n) is 5.32. The van der Waals surface area contributed by atoms with Crippen LogP contribution in [0, 0.1) is 23.7 Å². The zero-order valence-electron chi connectivity index (χ0n) is 21.2. The van der Waals surface area contributed by atoms with Crippen LogP contribution in [-0.2, 0) is 25.6 Å². The van der Waals surface area contributed by atoms with E-state index in [1.807, 2.05) is 91.0 Å². The van der Waals surface area contributed by atoms with Gasteiger partial charge in [0.25, 0.3) is 0 Å². The average molecular weight is 493 g/mol. The Morgan fingerprint density at radius 2 is 1.57 bits per heavy atom. The van der Waals surface area contributed by atoms with Gasteiger partial charge in [0, 0.05) is 31.8 Å². The van der Waals surface area contributed by atoms with E-state index in [9.17, 15) is 4.79 Å². The lowest BCUT2D eigenvalue weighted by Crippen LogP contribution is -2.18. The van der Waals surface area contributed by atoms with Crippen LogP contribution in [0.25, 0.3) is 0 Å². The van der Waals surface area contributed by atoms with Crippen molar-refractivity contribution >= 4 is 5.97 Å². The van der Waals surface area contributed by atoms with Gasteiger partial charge in [-0.1, -0.05) is 103 Å². The summed E-state index contributed by atoms with van der Waals surface area (Å²) < 4.78 is 16.6. The molecule has 0 spiro atoms. The summed E-state index contributed by atoms with van der Waals surface area (Å²) in [7, 11) is 1.69. The van der Waals surface area contributed by atoms with Crippen LogP contribution in [0.4, 0.5) is 0 Å². The van der Waals surface area contributed by atoms with Crippen LogP contribution in [0.3, 0.4) is 0 Å². The van der Waals surface area contributed by atoms with E-state index in [-0.39, 0.29) is 6.61 Å². The van der Waals surface area contributed by atoms with Gasteiger partial charge in [0.05, 0.1) is 12.2 Å². The van der Waals surface area contributed by atoms with Gasteiger partial charge in [0.15, 0.2) is 6.10 Å². The lowest BCUT2D eigenvalue weighted by molar-refractivity contribution is -0.153. The first kappa shape index (κ1) is 27.5. The summed E-state index contributed by atoms with van der Waals surface area (Å²) in [4.78, 5) is 12.8. The van der Waals surface area contributed by atoms with Crippen molar-refractivity contribution in [1.29, 1.82) is 0 Å². The molecule has 3 aromatic carbocycles. The minimum atomic E-state index is -0.689. The van der Waals surface area contributed by atoms with Gasteiger partial charge in [0.1, 0.15) is 6.61 Å². The highest BCUT2D eigenvalue weighted by Gasteiger charge is 2.20. The Hall–Kier alpha value is -4.09. The minimum Gasteiger partial charge on any atom is -0.450 e. The van der Waals surface area contributed by atoms with Crippen molar-refractivity contribution in [2.24, 2.45) is 0 Å². The molecule has 0 saturated carbocycles. The number of unbranched alkanes of at least 4 members (excludes halogenated alkanes) is 2. The monoisotopic (exact) mass is 492 g/mol. The summed E-state index contributed by atoms with van der Waals surface area (Å²) in [5, 5.41) is 0. The number of ether oxygens (including phenoxy) is 3. The van der Waals surface area contributed by atoms with E-state index >= 15 is 0 Å². The van der Waals surface area contributed by atoms with E-state index in [1.54, 1.807) is 13.2 Å². The quantitative estimate of drug-likeness (QED) is 0.179. The van der Waals surface area contributed by atoms with E-state index < -0.39 is 12.1 Å². The number of esters is 1. The molecule has 0 amide bonds. The first-order valence-corrected chi connectivity index (χ1v) is 12.4. The Labute approximate surface area is 220 Å². The molecule has 4 nitrogen and oxygen atoms in total. The molecule has 3 rings (SSSR count). The molecule has 0 heterocycles. The molecule has 0 aliphatic rings. The van der Waals surface area contributed by atoms with Gasteiger partial charge in [-0.3, -0.25) is 0 Å². The molecule has 3 aromatic rings. The maximum Gasteiger partial charge on any atom is 0.333 e. The molecular formula is C33H32O4. The summed E-state index contributed by atoms with van der Waals surface area (Å²) in [5.74, 6) is 12.2. The van der Waals surface area contributed by atoms with E-state index in [4.69, 9.17) is 14.2 Å². The number of hydrogen-bond donors (Lipinski definition) is 0. The molecule has 188 valence electrons. The fourth-order valence-corrected chi connectivity index (χ4v) is 3.45. The molecule has 0 aliphatic carbocycles. The van der Waals surface area contributed by atoms with Crippen LogP contribution >= 0.6 is 0 Å². The Kier molecular flexibility index (Phi) is 12.3. The van der Waals surface area contributed by atoms with Crippen LogP contribution in [-0.4, -0.2) is 26.3 Å². The summed E-state index contributed by atoms with van der Waals surface area (Å²) in [6.45, 7) is 0.879. The van der Waals surface area contributed by atoms with Crippen molar-refractivity contribution in [2.75, 3.05) is 20.3 Å². The second kappa shape index (κ2) is 16.6. The highest BCUT2D eigenvalue weighted by Crippen LogP contribution is 2.26. The van der Waals surface area contributed by atoms with Crippen LogP contribution in [0.1, 0.15) is 42.1 Å². The number of methoxy groups -OCH3 is 1. The fourth-order valence-electron chi connectivity index (χ4n) is 3.45. The van der Waals surface area contributed by atoms with Crippen LogP contribution in [0.5, 0.6) is 0 Å². The third-order valence-corrected chi connectivity index (χ3v) is 5.32. The van der Waals surface area contributed by atoms with E-state index in [2.05, 4.69) is 23.7 Å². The third kappa shape index (κ3) is 10.6. The largest absolute Gasteiger partial charge is 0.450 e. The zero-order chi connectivity index (χ0) is 26.0. The van der Waals surface area contributed by atoms with Crippen LogP contribution in [0.15, 0.2) is 103 Å². The number of hydrogen-bond acceptors (Lipinski definition) is 4. The van der Waals surface area contributed by atoms with Crippen LogP contribution < -0.4 is 0 Å². The van der Waals surface area contributed by atoms with Gasteiger partial charge >= 0.3 is 5.97 Å². The lowest BCUT2D eigenvalue weighted by Gasteiger charge is -2.18. The summed E-state index contributed by atoms with van der Waals surface area (Å²) in [5.41, 5.74) is 3.33. The van der Waals surface area contributed by atoms with E-state index in [0.29, 0.717) is 25.2 Å². The molecule has 1 unspecified atom stereocenters. The highest BCUT2D eigenvalue weighted by molar-refractivity contribution is 5.71. The lowest BCUT2D eigenvalue weighted by atomic mass is 10.0. The molecule has 1 atom stereocenters. The van der Waals surface area contributed by atoms with Crippen molar-refractivity contribution in [3.05, 3.63) is 119 Å². The predicted octanol–water partition coefficient (Wildman–Crippen LogP) is 6.29. The van der Waals surface area contributed by atoms with Gasteiger partial charge in [-0.15, -0.1) is 0 Å². The Morgan fingerprint density at radius 3 is 2.27 bits per heavy atom. The Balaban J connectivity index is 1.79. The highest BCUT2D eigenvalue weighted by atomic mass is 16.6. The van der Waals surface area contributed by atoms with Gasteiger partial charge < -0.3 is 14.2 Å². The standard InChI is InChI=1S/C33H32O4/c1-35-25-14-3-2-11-21-31(24-15-20-28-16-7-4-8-17-28)33(30-22-12-6-13-23-30)37-32(34)27-36-26-29-18-9-5-10-19-29/h4-10,12-13,16-19,22-24,33H,2-3,14,25-27H2,1H3/b31-24-. The first-order valence-electron chi connectivity index (χ1n) is 12.4. The van der Waals surface area contributed by atoms with Crippen molar-refractivity contribution in [3.63, 3.8) is 0 Å². The number of carbonyl (C=O) groups excluding carboxylic acids is 1. The Morgan fingerprint density at radius 1 is 0.892 bits per heavy atom. The van der Waals surface area contributed by atoms with Gasteiger partial charge in [-0.2, -0.15) is 0 Å². The molecule has 0 radical (unpaired) electrons. The zero-order valence-corrected chi connectivity index (χ0v) is 21.2. The van der Waals surface area contributed by atoms with Crippen molar-refractivity contribution in [3.8, 4) is 23.7 Å². The molecular weight excluding hydrogens is 460 g/mol. The summed E-state index contributed by atoms with van der Waals surface area (Å²) >= 11 is 0. The van der Waals surface area contributed by atoms with Gasteiger partial charge in [0.2, 0.25) is 0 Å². The van der Waals surface area contributed by atoms with E-state index in [1.165, 1.54) is 0 Å². The number of benzene rings is 3. The van der Waals surface area contributed by atoms with Crippen molar-refractivity contribution in [2.45, 2.75) is 32.0 Å². The normalized spacial score (nSPS) is 11.4. The molecule has 0 N–H and O–H groups in total. The summed E-state index contributed by atoms with van der Waals surface area (Å²) in [6, 6.07) is 29.0. The molecule has 0 aromatic heterocycles. The SMILES string of the molecule is COCCCCC#C/C(=C/C#Cc1ccccc1)C(OC(=O)COCc1ccccc1)c1ccccc1. The number of carbonyl (C=O) groups is 1. The Bertz CT molecular complexity index is 1230. The second-order valence-electron chi connectivity index (χ2n) is 8.25. The maximum absolute atomic E-state index is 12.8. The predicted molar refractivity (Wildman–Crippen MR) is 146 cm³/mol. The average Bonchev–Trinajstić information content (AvgIpc) is 2.94. The van der Waals surface area contributed by atoms with E-state index in [0.717, 1.165) is 29.5 Å². The molecule has 0 bridgehead atoms. The van der Waals surface area contributed by atoms with Crippen molar-refractivity contribution < 1.29 is 19.0 Å². The van der Waals surface area contributed by atoms with Gasteiger partial charge in [-0.05, 0) is 36.1 Å².